The normalized spacial score (nSPS) is 20.5. The molecule has 7 nitrogen and oxygen atoms in total. The summed E-state index contributed by atoms with van der Waals surface area (Å²) in [6, 6.07) is 15.5. The number of rotatable bonds is 4. The summed E-state index contributed by atoms with van der Waals surface area (Å²) < 4.78 is 0. The van der Waals surface area contributed by atoms with Gasteiger partial charge >= 0.3 is 0 Å². The molecule has 0 fully saturated rings. The number of non-ortho nitro benzene ring substituents is 1. The summed E-state index contributed by atoms with van der Waals surface area (Å²) in [5, 5.41) is 17.2. The van der Waals surface area contributed by atoms with Gasteiger partial charge in [0, 0.05) is 29.8 Å². The van der Waals surface area contributed by atoms with Crippen LogP contribution in [0.2, 0.25) is 0 Å². The predicted octanol–water partition coefficient (Wildman–Crippen LogP) is 5.35. The summed E-state index contributed by atoms with van der Waals surface area (Å²) in [4.78, 5) is 28.5. The highest BCUT2D eigenvalue weighted by atomic mass is 16.6. The molecule has 0 radical (unpaired) electrons. The van der Waals surface area contributed by atoms with Gasteiger partial charge in [-0.15, -0.1) is 0 Å². The molecule has 2 aromatic rings. The molecule has 7 heteroatoms. The van der Waals surface area contributed by atoms with E-state index in [1.54, 1.807) is 18.2 Å². The lowest BCUT2D eigenvalue weighted by Gasteiger charge is -2.28. The Kier molecular flexibility index (Phi) is 5.57. The third-order valence-electron chi connectivity index (χ3n) is 5.28. The molecular weight excluding hydrogens is 404 g/mol. The van der Waals surface area contributed by atoms with E-state index in [0.29, 0.717) is 17.8 Å². The van der Waals surface area contributed by atoms with E-state index in [2.05, 4.69) is 31.8 Å². The van der Waals surface area contributed by atoms with Gasteiger partial charge in [-0.3, -0.25) is 14.9 Å². The maximum absolute atomic E-state index is 13.3. The van der Waals surface area contributed by atoms with Crippen molar-refractivity contribution < 1.29 is 9.72 Å². The Labute approximate surface area is 186 Å². The fraction of sp³-hybridized carbons (Fsp3) is 0.240. The molecule has 1 amide bonds. The average molecular weight is 428 g/mol. The van der Waals surface area contributed by atoms with E-state index < -0.39 is 4.92 Å². The second-order valence-corrected chi connectivity index (χ2v) is 8.80. The third-order valence-corrected chi connectivity index (χ3v) is 5.28. The van der Waals surface area contributed by atoms with Crippen molar-refractivity contribution in [2.24, 2.45) is 15.5 Å². The number of hydrazone groups is 1. The van der Waals surface area contributed by atoms with Gasteiger partial charge in [-0.1, -0.05) is 68.0 Å². The van der Waals surface area contributed by atoms with Crippen LogP contribution in [0.1, 0.15) is 44.7 Å². The van der Waals surface area contributed by atoms with E-state index in [1.165, 1.54) is 22.7 Å². The van der Waals surface area contributed by atoms with E-state index in [4.69, 9.17) is 5.10 Å². The highest BCUT2D eigenvalue weighted by molar-refractivity contribution is 6.20. The zero-order valence-corrected chi connectivity index (χ0v) is 18.3. The number of nitro groups is 1. The molecule has 0 bridgehead atoms. The van der Waals surface area contributed by atoms with Crippen LogP contribution in [0.5, 0.6) is 0 Å². The molecule has 2 aliphatic rings. The van der Waals surface area contributed by atoms with E-state index in [1.807, 2.05) is 30.3 Å². The van der Waals surface area contributed by atoms with Crippen molar-refractivity contribution in [2.45, 2.75) is 33.6 Å². The van der Waals surface area contributed by atoms with Crippen LogP contribution < -0.4 is 0 Å². The SMILES string of the molecule is CC1=CC(C)(C)CC(=NN2C(=O)C(=Cc3cccc([N+](=O)[O-])c3)N=C2c2ccccc2)C1. The van der Waals surface area contributed by atoms with Crippen LogP contribution in [0.3, 0.4) is 0 Å². The Bertz CT molecular complexity index is 1210. The standard InChI is InChI=1S/C25H24N4O3/c1-17-12-20(16-25(2,3)15-17)27-28-23(19-9-5-4-6-10-19)26-22(24(28)30)14-18-8-7-11-21(13-18)29(31)32/h4-11,13-15H,12,16H2,1-3H3. The van der Waals surface area contributed by atoms with Crippen molar-refractivity contribution in [3.8, 4) is 0 Å². The van der Waals surface area contributed by atoms with Crippen LogP contribution in [-0.4, -0.2) is 27.4 Å². The molecule has 0 unspecified atom stereocenters. The Morgan fingerprint density at radius 2 is 1.91 bits per heavy atom. The number of aliphatic imine (C=N–C) groups is 1. The fourth-order valence-corrected chi connectivity index (χ4v) is 4.15. The highest BCUT2D eigenvalue weighted by Crippen LogP contribution is 2.33. The van der Waals surface area contributed by atoms with E-state index in [-0.39, 0.29) is 22.7 Å². The number of amides is 1. The number of allylic oxidation sites excluding steroid dienone is 2. The number of carbonyl (C=O) groups excluding carboxylic acids is 1. The monoisotopic (exact) mass is 428 g/mol. The van der Waals surface area contributed by atoms with Gasteiger partial charge in [0.1, 0.15) is 5.70 Å². The quantitative estimate of drug-likeness (QED) is 0.285. The lowest BCUT2D eigenvalue weighted by molar-refractivity contribution is -0.384. The van der Waals surface area contributed by atoms with E-state index >= 15 is 0 Å². The van der Waals surface area contributed by atoms with E-state index in [0.717, 1.165) is 17.7 Å². The fourth-order valence-electron chi connectivity index (χ4n) is 4.15. The summed E-state index contributed by atoms with van der Waals surface area (Å²) in [6.45, 7) is 6.37. The Morgan fingerprint density at radius 1 is 1.16 bits per heavy atom. The first-order valence-corrected chi connectivity index (χ1v) is 10.4. The first kappa shape index (κ1) is 21.4. The van der Waals surface area contributed by atoms with Gasteiger partial charge in [-0.05, 0) is 30.4 Å². The van der Waals surface area contributed by atoms with Crippen LogP contribution in [0.4, 0.5) is 5.69 Å². The number of nitrogens with zero attached hydrogens (tertiary/aromatic N) is 4. The topological polar surface area (TPSA) is 88.2 Å². The second-order valence-electron chi connectivity index (χ2n) is 8.80. The number of hydrogen-bond acceptors (Lipinski definition) is 5. The molecular formula is C25H24N4O3. The van der Waals surface area contributed by atoms with Crippen LogP contribution in [0.25, 0.3) is 6.08 Å². The maximum atomic E-state index is 13.3. The molecule has 0 atom stereocenters. The summed E-state index contributed by atoms with van der Waals surface area (Å²) >= 11 is 0. The van der Waals surface area contributed by atoms with Crippen molar-refractivity contribution in [1.82, 2.24) is 5.01 Å². The Balaban J connectivity index is 1.76. The lowest BCUT2D eigenvalue weighted by Crippen LogP contribution is -2.31. The van der Waals surface area contributed by atoms with Gasteiger partial charge in [0.2, 0.25) is 0 Å². The number of hydrogen-bond donors (Lipinski definition) is 0. The molecule has 0 saturated heterocycles. The molecule has 0 aromatic heterocycles. The van der Waals surface area contributed by atoms with Crippen LogP contribution in [0.15, 0.2) is 82.0 Å². The third kappa shape index (κ3) is 4.56. The summed E-state index contributed by atoms with van der Waals surface area (Å²) in [5.74, 6) is 0.0951. The molecule has 0 saturated carbocycles. The van der Waals surface area contributed by atoms with Crippen molar-refractivity contribution >= 4 is 29.2 Å². The maximum Gasteiger partial charge on any atom is 0.298 e. The molecule has 1 aliphatic carbocycles. The number of carbonyl (C=O) groups is 1. The molecule has 4 rings (SSSR count). The molecule has 32 heavy (non-hydrogen) atoms. The van der Waals surface area contributed by atoms with Gasteiger partial charge in [0.25, 0.3) is 11.6 Å². The minimum absolute atomic E-state index is 0.0321. The van der Waals surface area contributed by atoms with Gasteiger partial charge in [-0.25, -0.2) is 4.99 Å². The molecule has 0 N–H and O–H groups in total. The minimum Gasteiger partial charge on any atom is -0.265 e. The van der Waals surface area contributed by atoms with Gasteiger partial charge in [0.15, 0.2) is 5.84 Å². The van der Waals surface area contributed by atoms with Crippen molar-refractivity contribution in [2.75, 3.05) is 0 Å². The van der Waals surface area contributed by atoms with Crippen molar-refractivity contribution in [3.05, 3.63) is 93.2 Å². The summed E-state index contributed by atoms with van der Waals surface area (Å²) in [5.41, 5.74) is 3.56. The zero-order chi connectivity index (χ0) is 22.9. The van der Waals surface area contributed by atoms with E-state index in [9.17, 15) is 14.9 Å². The van der Waals surface area contributed by atoms with Gasteiger partial charge in [-0.2, -0.15) is 10.1 Å². The van der Waals surface area contributed by atoms with Gasteiger partial charge in [0.05, 0.1) is 4.92 Å². The Hall–Kier alpha value is -3.87. The van der Waals surface area contributed by atoms with Crippen molar-refractivity contribution in [3.63, 3.8) is 0 Å². The summed E-state index contributed by atoms with van der Waals surface area (Å²) in [6.07, 6.45) is 5.27. The first-order chi connectivity index (χ1) is 15.2. The molecule has 0 spiro atoms. The van der Waals surface area contributed by atoms with Crippen molar-refractivity contribution in [1.29, 1.82) is 0 Å². The largest absolute Gasteiger partial charge is 0.298 e. The number of amidine groups is 1. The molecule has 1 heterocycles. The zero-order valence-electron chi connectivity index (χ0n) is 18.3. The number of nitro benzene ring substituents is 1. The van der Waals surface area contributed by atoms with Crippen LogP contribution >= 0.6 is 0 Å². The molecule has 1 aliphatic heterocycles. The Morgan fingerprint density at radius 3 is 2.59 bits per heavy atom. The predicted molar refractivity (Wildman–Crippen MR) is 125 cm³/mol. The molecule has 2 aromatic carbocycles. The number of benzene rings is 2. The molecule has 162 valence electrons. The van der Waals surface area contributed by atoms with Gasteiger partial charge < -0.3 is 0 Å². The lowest BCUT2D eigenvalue weighted by atomic mass is 9.79. The highest BCUT2D eigenvalue weighted by Gasteiger charge is 2.33. The second kappa shape index (κ2) is 8.34. The van der Waals surface area contributed by atoms with Crippen LogP contribution in [0, 0.1) is 15.5 Å². The average Bonchev–Trinajstić information content (AvgIpc) is 3.03. The van der Waals surface area contributed by atoms with Crippen LogP contribution in [-0.2, 0) is 4.79 Å². The minimum atomic E-state index is -0.462. The smallest absolute Gasteiger partial charge is 0.265 e. The first-order valence-electron chi connectivity index (χ1n) is 10.4. The summed E-state index contributed by atoms with van der Waals surface area (Å²) in [7, 11) is 0.